The number of hydrogen-bond donors (Lipinski definition) is 2. The average Bonchev–Trinajstić information content (AvgIpc) is 3.20. The number of para-hydroxylation sites is 2. The van der Waals surface area contributed by atoms with Crippen LogP contribution in [-0.2, 0) is 4.79 Å². The van der Waals surface area contributed by atoms with Crippen molar-refractivity contribution in [3.63, 3.8) is 0 Å². The van der Waals surface area contributed by atoms with Gasteiger partial charge in [0.1, 0.15) is 12.6 Å². The van der Waals surface area contributed by atoms with Crippen LogP contribution in [0.5, 0.6) is 11.5 Å². The monoisotopic (exact) mass is 264 g/mol. The molecule has 1 aromatic rings. The highest BCUT2D eigenvalue weighted by atomic mass is 16.5. The molecular weight excluding hydrogens is 244 g/mol. The summed E-state index contributed by atoms with van der Waals surface area (Å²) in [6.45, 7) is 2.70. The highest BCUT2D eigenvalue weighted by Crippen LogP contribution is 2.26. The standard InChI is InChI=1S/C14H20N2O3/c1-2-18-12-5-3-4-6-13(12)19-9-11(14(15)17)16-10-7-8-10/h3-6,10-11,16H,2,7-9H2,1H3,(H2,15,17). The van der Waals surface area contributed by atoms with Gasteiger partial charge in [0.2, 0.25) is 5.91 Å². The van der Waals surface area contributed by atoms with E-state index >= 15 is 0 Å². The maximum absolute atomic E-state index is 11.3. The first-order valence-electron chi connectivity index (χ1n) is 6.60. The lowest BCUT2D eigenvalue weighted by molar-refractivity contribution is -0.120. The van der Waals surface area contributed by atoms with Gasteiger partial charge in [-0.05, 0) is 31.9 Å². The SMILES string of the molecule is CCOc1ccccc1OCC(NC1CC1)C(N)=O. The molecule has 1 unspecified atom stereocenters. The van der Waals surface area contributed by atoms with Crippen LogP contribution in [-0.4, -0.2) is 31.2 Å². The van der Waals surface area contributed by atoms with Crippen molar-refractivity contribution in [2.24, 2.45) is 5.73 Å². The van der Waals surface area contributed by atoms with E-state index in [0.29, 0.717) is 24.1 Å². The molecule has 19 heavy (non-hydrogen) atoms. The van der Waals surface area contributed by atoms with E-state index in [1.54, 1.807) is 0 Å². The molecule has 3 N–H and O–H groups in total. The number of benzene rings is 1. The zero-order valence-corrected chi connectivity index (χ0v) is 11.1. The van der Waals surface area contributed by atoms with Crippen LogP contribution >= 0.6 is 0 Å². The lowest BCUT2D eigenvalue weighted by atomic mass is 10.3. The van der Waals surface area contributed by atoms with E-state index in [1.807, 2.05) is 31.2 Å². The Hall–Kier alpha value is -1.75. The van der Waals surface area contributed by atoms with Crippen molar-refractivity contribution in [1.82, 2.24) is 5.32 Å². The lowest BCUT2D eigenvalue weighted by Gasteiger charge is -2.17. The molecule has 1 fully saturated rings. The zero-order chi connectivity index (χ0) is 13.7. The summed E-state index contributed by atoms with van der Waals surface area (Å²) in [7, 11) is 0. The predicted octanol–water partition coefficient (Wildman–Crippen LogP) is 1.07. The lowest BCUT2D eigenvalue weighted by Crippen LogP contribution is -2.46. The fourth-order valence-corrected chi connectivity index (χ4v) is 1.76. The molecule has 1 aliphatic carbocycles. The minimum Gasteiger partial charge on any atom is -0.490 e. The highest BCUT2D eigenvalue weighted by molar-refractivity contribution is 5.80. The molecule has 104 valence electrons. The third-order valence-corrected chi connectivity index (χ3v) is 2.91. The summed E-state index contributed by atoms with van der Waals surface area (Å²) in [4.78, 5) is 11.3. The van der Waals surface area contributed by atoms with E-state index in [9.17, 15) is 4.79 Å². The summed E-state index contributed by atoms with van der Waals surface area (Å²) in [6, 6.07) is 7.36. The average molecular weight is 264 g/mol. The predicted molar refractivity (Wildman–Crippen MR) is 72.2 cm³/mol. The van der Waals surface area contributed by atoms with Gasteiger partial charge in [-0.25, -0.2) is 0 Å². The molecule has 1 aliphatic rings. The van der Waals surface area contributed by atoms with Crippen molar-refractivity contribution >= 4 is 5.91 Å². The molecule has 1 saturated carbocycles. The van der Waals surface area contributed by atoms with E-state index in [4.69, 9.17) is 15.2 Å². The van der Waals surface area contributed by atoms with Gasteiger partial charge in [-0.3, -0.25) is 4.79 Å². The Kier molecular flexibility index (Phi) is 4.63. The molecule has 0 aromatic heterocycles. The molecule has 5 nitrogen and oxygen atoms in total. The molecule has 1 atom stereocenters. The third-order valence-electron chi connectivity index (χ3n) is 2.91. The number of hydrogen-bond acceptors (Lipinski definition) is 4. The first kappa shape index (κ1) is 13.7. The summed E-state index contributed by atoms with van der Waals surface area (Å²) in [5.41, 5.74) is 5.36. The van der Waals surface area contributed by atoms with Crippen molar-refractivity contribution < 1.29 is 14.3 Å². The summed E-state index contributed by atoms with van der Waals surface area (Å²) >= 11 is 0. The smallest absolute Gasteiger partial charge is 0.238 e. The van der Waals surface area contributed by atoms with Crippen LogP contribution < -0.4 is 20.5 Å². The van der Waals surface area contributed by atoms with Crippen LogP contribution in [0.1, 0.15) is 19.8 Å². The second-order valence-electron chi connectivity index (χ2n) is 4.59. The Labute approximate surface area is 113 Å². The molecule has 5 heteroatoms. The summed E-state index contributed by atoms with van der Waals surface area (Å²) in [5.74, 6) is 0.925. The van der Waals surface area contributed by atoms with Gasteiger partial charge < -0.3 is 20.5 Å². The minimum absolute atomic E-state index is 0.218. The van der Waals surface area contributed by atoms with E-state index in [0.717, 1.165) is 12.8 Å². The molecule has 0 heterocycles. The number of nitrogens with two attached hydrogens (primary N) is 1. The van der Waals surface area contributed by atoms with E-state index in [1.165, 1.54) is 0 Å². The normalized spacial score (nSPS) is 15.8. The minimum atomic E-state index is -0.456. The van der Waals surface area contributed by atoms with Gasteiger partial charge in [-0.1, -0.05) is 12.1 Å². The summed E-state index contributed by atoms with van der Waals surface area (Å²) in [5, 5.41) is 3.17. The molecule has 0 spiro atoms. The molecule has 0 radical (unpaired) electrons. The third kappa shape index (κ3) is 4.13. The number of amides is 1. The largest absolute Gasteiger partial charge is 0.490 e. The molecule has 1 amide bonds. The van der Waals surface area contributed by atoms with E-state index in [-0.39, 0.29) is 12.5 Å². The summed E-state index contributed by atoms with van der Waals surface area (Å²) in [6.07, 6.45) is 2.19. The first-order chi connectivity index (χ1) is 9.20. The van der Waals surface area contributed by atoms with Crippen LogP contribution in [0.3, 0.4) is 0 Å². The maximum Gasteiger partial charge on any atom is 0.238 e. The van der Waals surface area contributed by atoms with E-state index in [2.05, 4.69) is 5.32 Å². The zero-order valence-electron chi connectivity index (χ0n) is 11.1. The van der Waals surface area contributed by atoms with Crippen LogP contribution in [0.25, 0.3) is 0 Å². The summed E-state index contributed by atoms with van der Waals surface area (Å²) < 4.78 is 11.1. The van der Waals surface area contributed by atoms with Crippen LogP contribution in [0.15, 0.2) is 24.3 Å². The van der Waals surface area contributed by atoms with Gasteiger partial charge in [0, 0.05) is 6.04 Å². The number of primary amides is 1. The Balaban J connectivity index is 1.93. The Morgan fingerprint density at radius 1 is 1.37 bits per heavy atom. The Bertz CT molecular complexity index is 432. The van der Waals surface area contributed by atoms with Gasteiger partial charge in [-0.2, -0.15) is 0 Å². The van der Waals surface area contributed by atoms with Crippen LogP contribution in [0, 0.1) is 0 Å². The fourth-order valence-electron chi connectivity index (χ4n) is 1.76. The van der Waals surface area contributed by atoms with Gasteiger partial charge in [0.15, 0.2) is 11.5 Å². The topological polar surface area (TPSA) is 73.6 Å². The van der Waals surface area contributed by atoms with Gasteiger partial charge in [0.25, 0.3) is 0 Å². The number of carbonyl (C=O) groups excluding carboxylic acids is 1. The van der Waals surface area contributed by atoms with Gasteiger partial charge in [0.05, 0.1) is 6.61 Å². The Morgan fingerprint density at radius 3 is 2.53 bits per heavy atom. The number of nitrogens with one attached hydrogen (secondary N) is 1. The van der Waals surface area contributed by atoms with E-state index < -0.39 is 6.04 Å². The number of carbonyl (C=O) groups is 1. The number of rotatable bonds is 8. The first-order valence-corrected chi connectivity index (χ1v) is 6.60. The van der Waals surface area contributed by atoms with Crippen molar-refractivity contribution in [1.29, 1.82) is 0 Å². The van der Waals surface area contributed by atoms with Crippen molar-refractivity contribution in [3.8, 4) is 11.5 Å². The van der Waals surface area contributed by atoms with Gasteiger partial charge >= 0.3 is 0 Å². The van der Waals surface area contributed by atoms with Crippen molar-refractivity contribution in [2.75, 3.05) is 13.2 Å². The molecule has 0 saturated heterocycles. The fraction of sp³-hybridized carbons (Fsp3) is 0.500. The van der Waals surface area contributed by atoms with Gasteiger partial charge in [-0.15, -0.1) is 0 Å². The van der Waals surface area contributed by atoms with Crippen LogP contribution in [0.4, 0.5) is 0 Å². The quantitative estimate of drug-likeness (QED) is 0.736. The second-order valence-corrected chi connectivity index (χ2v) is 4.59. The number of ether oxygens (including phenoxy) is 2. The maximum atomic E-state index is 11.3. The molecule has 2 rings (SSSR count). The highest BCUT2D eigenvalue weighted by Gasteiger charge is 2.27. The van der Waals surface area contributed by atoms with Crippen molar-refractivity contribution in [3.05, 3.63) is 24.3 Å². The molecule has 0 bridgehead atoms. The molecule has 1 aromatic carbocycles. The second kappa shape index (κ2) is 6.43. The van der Waals surface area contributed by atoms with Crippen LogP contribution in [0.2, 0.25) is 0 Å². The molecule has 0 aliphatic heterocycles. The Morgan fingerprint density at radius 2 is 2.00 bits per heavy atom. The van der Waals surface area contributed by atoms with Crippen molar-refractivity contribution in [2.45, 2.75) is 31.8 Å². The molecular formula is C14H20N2O3.